The minimum Gasteiger partial charge on any atom is -0.467 e. The van der Waals surface area contributed by atoms with Gasteiger partial charge in [-0.3, -0.25) is 4.90 Å². The molecule has 2 aliphatic rings. The zero-order chi connectivity index (χ0) is 27.6. The lowest BCUT2D eigenvalue weighted by Gasteiger charge is -2.36. The minimum atomic E-state index is -0.391. The van der Waals surface area contributed by atoms with Gasteiger partial charge in [-0.05, 0) is 77.8 Å². The van der Waals surface area contributed by atoms with Crippen LogP contribution in [0.4, 0.5) is 10.2 Å². The Bertz CT molecular complexity index is 1250. The lowest BCUT2D eigenvalue weighted by molar-refractivity contribution is -0.0394. The molecule has 1 aromatic carbocycles. The molecule has 39 heavy (non-hydrogen) atoms. The number of rotatable bonds is 8. The minimum absolute atomic E-state index is 0.0230. The van der Waals surface area contributed by atoms with E-state index in [0.29, 0.717) is 40.8 Å². The Morgan fingerprint density at radius 3 is 2.67 bits per heavy atom. The number of benzene rings is 1. The summed E-state index contributed by atoms with van der Waals surface area (Å²) in [5.41, 5.74) is 2.20. The van der Waals surface area contributed by atoms with E-state index in [1.807, 2.05) is 18.3 Å². The first-order chi connectivity index (χ1) is 18.7. The average Bonchev–Trinajstić information content (AvgIpc) is 3.63. The Kier molecular flexibility index (Phi) is 8.16. The second-order valence-corrected chi connectivity index (χ2v) is 11.4. The monoisotopic (exact) mass is 538 g/mol. The van der Waals surface area contributed by atoms with Crippen molar-refractivity contribution in [3.8, 4) is 28.1 Å². The van der Waals surface area contributed by atoms with Crippen molar-refractivity contribution in [3.63, 3.8) is 0 Å². The number of halogens is 1. The molecule has 0 N–H and O–H groups in total. The maximum absolute atomic E-state index is 15.5. The molecule has 2 saturated heterocycles. The summed E-state index contributed by atoms with van der Waals surface area (Å²) >= 11 is 0. The third-order valence-electron chi connectivity index (χ3n) is 7.78. The van der Waals surface area contributed by atoms with Crippen molar-refractivity contribution in [2.75, 3.05) is 45.5 Å². The number of methoxy groups -OCH3 is 1. The molecule has 0 amide bonds. The number of nitrogens with zero attached hydrogens (tertiary/aromatic N) is 6. The van der Waals surface area contributed by atoms with E-state index in [1.165, 1.54) is 6.07 Å². The molecule has 2 fully saturated rings. The summed E-state index contributed by atoms with van der Waals surface area (Å²) in [6.07, 6.45) is 7.47. The molecule has 1 unspecified atom stereocenters. The Hall–Kier alpha value is -3.08. The first-order valence-corrected chi connectivity index (χ1v) is 13.7. The van der Waals surface area contributed by atoms with E-state index in [9.17, 15) is 0 Å². The maximum atomic E-state index is 15.5. The van der Waals surface area contributed by atoms with Crippen LogP contribution in [0.5, 0.6) is 5.75 Å². The van der Waals surface area contributed by atoms with Crippen LogP contribution in [0.2, 0.25) is 0 Å². The molecule has 5 rings (SSSR count). The van der Waals surface area contributed by atoms with Crippen molar-refractivity contribution >= 4 is 5.82 Å². The topological polar surface area (TPSA) is 77.8 Å². The summed E-state index contributed by atoms with van der Waals surface area (Å²) in [5.74, 6) is 0.889. The Labute approximate surface area is 229 Å². The average molecular weight is 539 g/mol. The van der Waals surface area contributed by atoms with Gasteiger partial charge >= 0.3 is 0 Å². The molecular weight excluding hydrogens is 499 g/mol. The molecule has 2 aliphatic heterocycles. The smallest absolute Gasteiger partial charge is 0.188 e. The van der Waals surface area contributed by atoms with Gasteiger partial charge in [0, 0.05) is 61.3 Å². The molecule has 0 saturated carbocycles. The van der Waals surface area contributed by atoms with E-state index in [-0.39, 0.29) is 18.6 Å². The van der Waals surface area contributed by atoms with E-state index in [0.717, 1.165) is 44.6 Å². The van der Waals surface area contributed by atoms with Gasteiger partial charge in [-0.15, -0.1) is 10.2 Å². The zero-order valence-corrected chi connectivity index (χ0v) is 23.6. The lowest BCUT2D eigenvalue weighted by Crippen LogP contribution is -2.46. The van der Waals surface area contributed by atoms with Gasteiger partial charge in [0.25, 0.3) is 0 Å². The van der Waals surface area contributed by atoms with Crippen LogP contribution in [-0.4, -0.2) is 77.1 Å². The van der Waals surface area contributed by atoms with Crippen LogP contribution in [0, 0.1) is 5.82 Å². The summed E-state index contributed by atoms with van der Waals surface area (Å²) in [6.45, 7) is 9.25. The van der Waals surface area contributed by atoms with E-state index >= 15 is 4.39 Å². The van der Waals surface area contributed by atoms with Crippen LogP contribution in [0.3, 0.4) is 0 Å². The first kappa shape index (κ1) is 27.5. The predicted octanol–water partition coefficient (Wildman–Crippen LogP) is 5.14. The number of ether oxygens (including phenoxy) is 3. The van der Waals surface area contributed by atoms with E-state index < -0.39 is 5.82 Å². The van der Waals surface area contributed by atoms with Crippen molar-refractivity contribution in [3.05, 3.63) is 42.5 Å². The standard InChI is InChI=1S/C29H39FN6O3/c1-29(2,3)34(4)21-11-12-35(18-21)27-10-9-25(32-33-27)23-14-24(30)22(15-26(23)39-19-37-5)20-16-31-36(17-20)28-8-6-7-13-38-28/h9-10,14-17,21,28H,6-8,11-13,18-19H2,1-5H3/t21-,28?/m1/s1. The normalized spacial score (nSPS) is 20.1. The van der Waals surface area contributed by atoms with Crippen molar-refractivity contribution in [2.24, 2.45) is 0 Å². The van der Waals surface area contributed by atoms with Gasteiger partial charge in [-0.25, -0.2) is 9.07 Å². The highest BCUT2D eigenvalue weighted by molar-refractivity contribution is 5.75. The van der Waals surface area contributed by atoms with Gasteiger partial charge in [-0.2, -0.15) is 5.10 Å². The number of aromatic nitrogens is 4. The number of hydrogen-bond donors (Lipinski definition) is 0. The molecule has 2 aromatic heterocycles. The van der Waals surface area contributed by atoms with Crippen LogP contribution in [0.15, 0.2) is 36.7 Å². The summed E-state index contributed by atoms with van der Waals surface area (Å²) in [5, 5.41) is 13.4. The largest absolute Gasteiger partial charge is 0.467 e. The van der Waals surface area contributed by atoms with Crippen molar-refractivity contribution in [1.82, 2.24) is 24.9 Å². The van der Waals surface area contributed by atoms with Crippen LogP contribution in [-0.2, 0) is 9.47 Å². The van der Waals surface area contributed by atoms with Gasteiger partial charge in [0.15, 0.2) is 12.6 Å². The summed E-state index contributed by atoms with van der Waals surface area (Å²) in [6, 6.07) is 7.40. The van der Waals surface area contributed by atoms with E-state index in [4.69, 9.17) is 14.2 Å². The second kappa shape index (κ2) is 11.6. The van der Waals surface area contributed by atoms with Gasteiger partial charge in [0.05, 0.1) is 11.9 Å². The highest BCUT2D eigenvalue weighted by Gasteiger charge is 2.32. The highest BCUT2D eigenvalue weighted by atomic mass is 19.1. The van der Waals surface area contributed by atoms with Gasteiger partial charge in [0.1, 0.15) is 17.8 Å². The summed E-state index contributed by atoms with van der Waals surface area (Å²) in [7, 11) is 3.73. The predicted molar refractivity (Wildman–Crippen MR) is 148 cm³/mol. The zero-order valence-electron chi connectivity index (χ0n) is 23.6. The number of anilines is 1. The number of hydrogen-bond acceptors (Lipinski definition) is 8. The second-order valence-electron chi connectivity index (χ2n) is 11.4. The number of likely N-dealkylation sites (N-methyl/N-ethyl adjacent to an activating group) is 1. The van der Waals surface area contributed by atoms with Gasteiger partial charge < -0.3 is 19.1 Å². The van der Waals surface area contributed by atoms with Crippen LogP contribution in [0.25, 0.3) is 22.4 Å². The molecule has 10 heteroatoms. The highest BCUT2D eigenvalue weighted by Crippen LogP contribution is 2.37. The molecule has 2 atom stereocenters. The Morgan fingerprint density at radius 2 is 1.97 bits per heavy atom. The van der Waals surface area contributed by atoms with Gasteiger partial charge in [-0.1, -0.05) is 0 Å². The molecule has 0 bridgehead atoms. The molecule has 4 heterocycles. The molecule has 3 aromatic rings. The third kappa shape index (κ3) is 6.08. The third-order valence-corrected chi connectivity index (χ3v) is 7.78. The molecular formula is C29H39FN6O3. The van der Waals surface area contributed by atoms with Crippen LogP contribution >= 0.6 is 0 Å². The van der Waals surface area contributed by atoms with E-state index in [2.05, 4.69) is 52.9 Å². The summed E-state index contributed by atoms with van der Waals surface area (Å²) < 4.78 is 34.1. The fourth-order valence-electron chi connectivity index (χ4n) is 5.23. The SMILES string of the molecule is COCOc1cc(-c2cnn(C3CCCCO3)c2)c(F)cc1-c1ccc(N2CC[C@@H](N(C)C(C)(C)C)C2)nn1. The summed E-state index contributed by atoms with van der Waals surface area (Å²) in [4.78, 5) is 4.67. The fourth-order valence-corrected chi connectivity index (χ4v) is 5.23. The first-order valence-electron chi connectivity index (χ1n) is 13.7. The van der Waals surface area contributed by atoms with E-state index in [1.54, 1.807) is 24.1 Å². The van der Waals surface area contributed by atoms with Crippen molar-refractivity contribution < 1.29 is 18.6 Å². The molecule has 0 spiro atoms. The van der Waals surface area contributed by atoms with Crippen LogP contribution < -0.4 is 9.64 Å². The molecule has 210 valence electrons. The molecule has 0 aliphatic carbocycles. The quantitative estimate of drug-likeness (QED) is 0.365. The molecule has 9 nitrogen and oxygen atoms in total. The van der Waals surface area contributed by atoms with Crippen LogP contribution in [0.1, 0.15) is 52.7 Å². The lowest BCUT2D eigenvalue weighted by atomic mass is 10.0. The fraction of sp³-hybridized carbons (Fsp3) is 0.552. The Balaban J connectivity index is 1.38. The maximum Gasteiger partial charge on any atom is 0.188 e. The van der Waals surface area contributed by atoms with Gasteiger partial charge in [0.2, 0.25) is 0 Å². The molecule has 0 radical (unpaired) electrons. The Morgan fingerprint density at radius 1 is 1.13 bits per heavy atom. The van der Waals surface area contributed by atoms with Crippen molar-refractivity contribution in [1.29, 1.82) is 0 Å². The van der Waals surface area contributed by atoms with Crippen molar-refractivity contribution in [2.45, 2.75) is 64.3 Å².